The van der Waals surface area contributed by atoms with Crippen molar-refractivity contribution >= 4 is 11.6 Å². The van der Waals surface area contributed by atoms with E-state index >= 15 is 0 Å². The molecule has 2 N–H and O–H groups in total. The molecule has 22 heavy (non-hydrogen) atoms. The average Bonchev–Trinajstić information content (AvgIpc) is 3.04. The number of guanidine groups is 1. The lowest BCUT2D eigenvalue weighted by Gasteiger charge is -2.08. The number of anilines is 1. The molecule has 0 unspecified atom stereocenters. The second kappa shape index (κ2) is 7.12. The van der Waals surface area contributed by atoms with Crippen molar-refractivity contribution in [3.63, 3.8) is 0 Å². The molecule has 2 aromatic rings. The Bertz CT molecular complexity index is 627. The van der Waals surface area contributed by atoms with Crippen molar-refractivity contribution in [3.05, 3.63) is 65.2 Å². The van der Waals surface area contributed by atoms with Crippen LogP contribution in [0.4, 0.5) is 5.69 Å². The summed E-state index contributed by atoms with van der Waals surface area (Å²) < 4.78 is 0. The van der Waals surface area contributed by atoms with E-state index in [0.29, 0.717) is 0 Å². The SMILES string of the molecule is CCCc1ccc(Cc2ccc(NC3=NCCN3)cc2)cc1. The molecule has 114 valence electrons. The Morgan fingerprint density at radius 3 is 2.18 bits per heavy atom. The maximum Gasteiger partial charge on any atom is 0.195 e. The van der Waals surface area contributed by atoms with Gasteiger partial charge in [0, 0.05) is 12.2 Å². The Kier molecular flexibility index (Phi) is 4.74. The normalized spacial score (nSPS) is 13.6. The molecule has 3 heteroatoms. The minimum absolute atomic E-state index is 0.856. The number of rotatable bonds is 5. The van der Waals surface area contributed by atoms with Gasteiger partial charge in [0.05, 0.1) is 6.54 Å². The first-order valence-electron chi connectivity index (χ1n) is 8.05. The molecule has 0 bridgehead atoms. The summed E-state index contributed by atoms with van der Waals surface area (Å²) in [5.74, 6) is 0.874. The van der Waals surface area contributed by atoms with Gasteiger partial charge in [0.25, 0.3) is 0 Å². The predicted molar refractivity (Wildman–Crippen MR) is 93.6 cm³/mol. The summed E-state index contributed by atoms with van der Waals surface area (Å²) in [7, 11) is 0. The molecule has 0 radical (unpaired) electrons. The molecule has 1 aliphatic heterocycles. The molecule has 0 spiro atoms. The van der Waals surface area contributed by atoms with E-state index in [0.717, 1.165) is 31.2 Å². The van der Waals surface area contributed by atoms with Crippen LogP contribution in [0, 0.1) is 0 Å². The zero-order chi connectivity index (χ0) is 15.2. The molecule has 0 saturated carbocycles. The van der Waals surface area contributed by atoms with Crippen LogP contribution >= 0.6 is 0 Å². The number of nitrogens with one attached hydrogen (secondary N) is 2. The molecule has 0 atom stereocenters. The second-order valence-corrected chi connectivity index (χ2v) is 5.72. The largest absolute Gasteiger partial charge is 0.354 e. The molecule has 3 rings (SSSR count). The van der Waals surface area contributed by atoms with Crippen LogP contribution in [-0.2, 0) is 12.8 Å². The van der Waals surface area contributed by atoms with Crippen LogP contribution in [0.3, 0.4) is 0 Å². The number of nitrogens with zero attached hydrogens (tertiary/aromatic N) is 1. The van der Waals surface area contributed by atoms with E-state index in [1.165, 1.54) is 29.5 Å². The summed E-state index contributed by atoms with van der Waals surface area (Å²) in [6.45, 7) is 4.00. The van der Waals surface area contributed by atoms with Crippen LogP contribution in [0.15, 0.2) is 53.5 Å². The van der Waals surface area contributed by atoms with Crippen LogP contribution < -0.4 is 10.6 Å². The lowest BCUT2D eigenvalue weighted by Crippen LogP contribution is -2.26. The first kappa shape index (κ1) is 14.6. The molecule has 1 aliphatic rings. The van der Waals surface area contributed by atoms with E-state index in [2.05, 4.69) is 71.1 Å². The summed E-state index contributed by atoms with van der Waals surface area (Å²) in [5.41, 5.74) is 5.20. The minimum atomic E-state index is 0.856. The zero-order valence-electron chi connectivity index (χ0n) is 13.1. The molecule has 0 fully saturated rings. The van der Waals surface area contributed by atoms with E-state index in [9.17, 15) is 0 Å². The highest BCUT2D eigenvalue weighted by Crippen LogP contribution is 2.15. The lowest BCUT2D eigenvalue weighted by atomic mass is 10.0. The third kappa shape index (κ3) is 3.88. The van der Waals surface area contributed by atoms with Crippen LogP contribution in [-0.4, -0.2) is 19.0 Å². The van der Waals surface area contributed by atoms with Gasteiger partial charge in [-0.3, -0.25) is 4.99 Å². The maximum absolute atomic E-state index is 4.34. The van der Waals surface area contributed by atoms with Crippen molar-refractivity contribution in [2.45, 2.75) is 26.2 Å². The van der Waals surface area contributed by atoms with Crippen LogP contribution in [0.1, 0.15) is 30.0 Å². The Hall–Kier alpha value is -2.29. The first-order chi connectivity index (χ1) is 10.8. The Labute approximate surface area is 132 Å². The van der Waals surface area contributed by atoms with Crippen molar-refractivity contribution in [2.24, 2.45) is 4.99 Å². The van der Waals surface area contributed by atoms with Crippen LogP contribution in [0.2, 0.25) is 0 Å². The summed E-state index contributed by atoms with van der Waals surface area (Å²) in [5, 5.41) is 6.51. The molecule has 0 aromatic heterocycles. The highest BCUT2D eigenvalue weighted by atomic mass is 15.2. The lowest BCUT2D eigenvalue weighted by molar-refractivity contribution is 0.920. The zero-order valence-corrected chi connectivity index (χ0v) is 13.1. The molecular formula is C19H23N3. The standard InChI is InChI=1S/C19H23N3/c1-2-3-15-4-6-16(7-5-15)14-17-8-10-18(11-9-17)22-19-20-12-13-21-19/h4-11H,2-3,12-14H2,1H3,(H2,20,21,22). The molecular weight excluding hydrogens is 270 g/mol. The minimum Gasteiger partial charge on any atom is -0.354 e. The van der Waals surface area contributed by atoms with E-state index in [1.54, 1.807) is 0 Å². The summed E-state index contributed by atoms with van der Waals surface area (Å²) in [4.78, 5) is 4.34. The predicted octanol–water partition coefficient (Wildman–Crippen LogP) is 3.60. The third-order valence-electron chi connectivity index (χ3n) is 3.86. The Morgan fingerprint density at radius 2 is 1.59 bits per heavy atom. The van der Waals surface area contributed by atoms with Gasteiger partial charge in [-0.1, -0.05) is 49.7 Å². The van der Waals surface area contributed by atoms with Gasteiger partial charge >= 0.3 is 0 Å². The van der Waals surface area contributed by atoms with Crippen LogP contribution in [0.25, 0.3) is 0 Å². The van der Waals surface area contributed by atoms with Crippen molar-refractivity contribution in [1.82, 2.24) is 5.32 Å². The van der Waals surface area contributed by atoms with Crippen molar-refractivity contribution in [2.75, 3.05) is 18.4 Å². The quantitative estimate of drug-likeness (QED) is 0.883. The van der Waals surface area contributed by atoms with Gasteiger partial charge in [0.15, 0.2) is 5.96 Å². The van der Waals surface area contributed by atoms with Gasteiger partial charge in [-0.15, -0.1) is 0 Å². The van der Waals surface area contributed by atoms with E-state index in [4.69, 9.17) is 0 Å². The summed E-state index contributed by atoms with van der Waals surface area (Å²) in [6, 6.07) is 17.6. The second-order valence-electron chi connectivity index (χ2n) is 5.72. The summed E-state index contributed by atoms with van der Waals surface area (Å²) in [6.07, 6.45) is 3.35. The Balaban J connectivity index is 1.60. The molecule has 2 aromatic carbocycles. The van der Waals surface area contributed by atoms with Gasteiger partial charge in [0.1, 0.15) is 0 Å². The fourth-order valence-corrected chi connectivity index (χ4v) is 2.67. The van der Waals surface area contributed by atoms with Crippen LogP contribution in [0.5, 0.6) is 0 Å². The number of aryl methyl sites for hydroxylation is 1. The number of hydrogen-bond donors (Lipinski definition) is 2. The highest BCUT2D eigenvalue weighted by molar-refractivity contribution is 5.94. The highest BCUT2D eigenvalue weighted by Gasteiger charge is 2.04. The average molecular weight is 293 g/mol. The molecule has 0 saturated heterocycles. The summed E-state index contributed by atoms with van der Waals surface area (Å²) >= 11 is 0. The third-order valence-corrected chi connectivity index (χ3v) is 3.86. The van der Waals surface area contributed by atoms with E-state index in [-0.39, 0.29) is 0 Å². The van der Waals surface area contributed by atoms with Gasteiger partial charge in [-0.05, 0) is 41.7 Å². The monoisotopic (exact) mass is 293 g/mol. The fraction of sp³-hybridized carbons (Fsp3) is 0.316. The molecule has 1 heterocycles. The maximum atomic E-state index is 4.34. The topological polar surface area (TPSA) is 36.4 Å². The smallest absolute Gasteiger partial charge is 0.195 e. The van der Waals surface area contributed by atoms with E-state index < -0.39 is 0 Å². The van der Waals surface area contributed by atoms with Gasteiger partial charge in [0.2, 0.25) is 0 Å². The van der Waals surface area contributed by atoms with Crippen molar-refractivity contribution in [3.8, 4) is 0 Å². The fourth-order valence-electron chi connectivity index (χ4n) is 2.67. The van der Waals surface area contributed by atoms with Crippen molar-refractivity contribution < 1.29 is 0 Å². The van der Waals surface area contributed by atoms with Gasteiger partial charge in [-0.25, -0.2) is 0 Å². The Morgan fingerprint density at radius 1 is 0.955 bits per heavy atom. The number of aliphatic imine (C=N–C) groups is 1. The number of benzene rings is 2. The molecule has 0 amide bonds. The first-order valence-corrected chi connectivity index (χ1v) is 8.05. The van der Waals surface area contributed by atoms with E-state index in [1.807, 2.05) is 0 Å². The number of hydrogen-bond acceptors (Lipinski definition) is 3. The van der Waals surface area contributed by atoms with Gasteiger partial charge in [-0.2, -0.15) is 0 Å². The van der Waals surface area contributed by atoms with Gasteiger partial charge < -0.3 is 10.6 Å². The van der Waals surface area contributed by atoms with Crippen molar-refractivity contribution in [1.29, 1.82) is 0 Å². The molecule has 0 aliphatic carbocycles. The molecule has 3 nitrogen and oxygen atoms in total.